The van der Waals surface area contributed by atoms with Crippen molar-refractivity contribution < 1.29 is 4.79 Å². The molecule has 0 aliphatic rings. The molecule has 1 aromatic heterocycles. The molecular formula is C14H16ClN3O. The number of hydrogen-bond acceptors (Lipinski definition) is 2. The van der Waals surface area contributed by atoms with Crippen LogP contribution in [0, 0.1) is 6.92 Å². The van der Waals surface area contributed by atoms with Crippen LogP contribution in [0.5, 0.6) is 0 Å². The number of benzene rings is 1. The number of aryl methyl sites for hydroxylation is 3. The van der Waals surface area contributed by atoms with Crippen LogP contribution in [0.15, 0.2) is 24.3 Å². The predicted molar refractivity (Wildman–Crippen MR) is 76.7 cm³/mol. The Balaban J connectivity index is 2.25. The first-order chi connectivity index (χ1) is 9.02. The van der Waals surface area contributed by atoms with Gasteiger partial charge in [-0.1, -0.05) is 30.7 Å². The number of halogens is 1. The Hall–Kier alpha value is -1.81. The summed E-state index contributed by atoms with van der Waals surface area (Å²) in [4.78, 5) is 12.2. The first kappa shape index (κ1) is 13.6. The number of nitrogens with one attached hydrogen (secondary N) is 1. The lowest BCUT2D eigenvalue weighted by Crippen LogP contribution is -2.16. The molecule has 0 spiro atoms. The zero-order valence-electron chi connectivity index (χ0n) is 11.2. The molecule has 0 saturated heterocycles. The molecule has 0 fully saturated rings. The normalized spacial score (nSPS) is 10.5. The molecule has 5 heteroatoms. The fourth-order valence-electron chi connectivity index (χ4n) is 1.94. The Morgan fingerprint density at radius 3 is 2.79 bits per heavy atom. The molecule has 2 rings (SSSR count). The maximum Gasteiger partial charge on any atom is 0.275 e. The summed E-state index contributed by atoms with van der Waals surface area (Å²) in [6, 6.07) is 7.75. The number of anilines is 1. The van der Waals surface area contributed by atoms with Crippen LogP contribution in [0.25, 0.3) is 0 Å². The number of carbonyl (C=O) groups is 1. The van der Waals surface area contributed by atoms with Crippen LogP contribution in [-0.2, 0) is 13.5 Å². The molecule has 1 heterocycles. The van der Waals surface area contributed by atoms with Crippen molar-refractivity contribution in [1.82, 2.24) is 9.78 Å². The Morgan fingerprint density at radius 1 is 1.47 bits per heavy atom. The molecule has 0 bridgehead atoms. The van der Waals surface area contributed by atoms with E-state index in [-0.39, 0.29) is 5.91 Å². The van der Waals surface area contributed by atoms with Crippen LogP contribution in [0.2, 0.25) is 5.02 Å². The van der Waals surface area contributed by atoms with Gasteiger partial charge in [-0.3, -0.25) is 9.48 Å². The lowest BCUT2D eigenvalue weighted by Gasteiger charge is -2.07. The average molecular weight is 278 g/mol. The minimum absolute atomic E-state index is 0.249. The van der Waals surface area contributed by atoms with E-state index in [4.69, 9.17) is 11.6 Å². The summed E-state index contributed by atoms with van der Waals surface area (Å²) in [6.07, 6.45) is 0.926. The standard InChI is InChI=1S/C14H16ClN3O/c1-4-10-6-5-7-11(8-10)16-14(19)13-12(15)9(2)17-18(13)3/h5-8H,4H2,1-3H3,(H,16,19). The molecule has 0 atom stereocenters. The number of nitrogens with zero attached hydrogens (tertiary/aromatic N) is 2. The Kier molecular flexibility index (Phi) is 3.90. The second-order valence-electron chi connectivity index (χ2n) is 4.38. The molecule has 0 saturated carbocycles. The number of carbonyl (C=O) groups excluding carboxylic acids is 1. The number of amides is 1. The van der Waals surface area contributed by atoms with Gasteiger partial charge in [-0.15, -0.1) is 0 Å². The number of hydrogen-bond donors (Lipinski definition) is 1. The van der Waals surface area contributed by atoms with E-state index in [9.17, 15) is 4.79 Å². The fraction of sp³-hybridized carbons (Fsp3) is 0.286. The summed E-state index contributed by atoms with van der Waals surface area (Å²) in [5.74, 6) is -0.249. The van der Waals surface area contributed by atoms with Crippen molar-refractivity contribution in [3.05, 3.63) is 46.2 Å². The van der Waals surface area contributed by atoms with Gasteiger partial charge < -0.3 is 5.32 Å². The van der Waals surface area contributed by atoms with Crippen LogP contribution in [0.4, 0.5) is 5.69 Å². The van der Waals surface area contributed by atoms with E-state index in [2.05, 4.69) is 17.3 Å². The molecule has 1 aromatic carbocycles. The Labute approximate surface area is 117 Å². The van der Waals surface area contributed by atoms with Crippen molar-refractivity contribution in [3.8, 4) is 0 Å². The van der Waals surface area contributed by atoms with Gasteiger partial charge in [-0.25, -0.2) is 0 Å². The fourth-order valence-corrected chi connectivity index (χ4v) is 2.18. The van der Waals surface area contributed by atoms with E-state index in [0.717, 1.165) is 12.1 Å². The van der Waals surface area contributed by atoms with Crippen LogP contribution < -0.4 is 5.32 Å². The molecule has 2 aromatic rings. The highest BCUT2D eigenvalue weighted by atomic mass is 35.5. The van der Waals surface area contributed by atoms with E-state index in [1.165, 1.54) is 10.2 Å². The van der Waals surface area contributed by atoms with Crippen LogP contribution in [0.1, 0.15) is 28.7 Å². The first-order valence-electron chi connectivity index (χ1n) is 6.12. The predicted octanol–water partition coefficient (Wildman–Crippen LogP) is 3.20. The third-order valence-corrected chi connectivity index (χ3v) is 3.41. The summed E-state index contributed by atoms with van der Waals surface area (Å²) in [6.45, 7) is 3.85. The van der Waals surface area contributed by atoms with E-state index in [1.54, 1.807) is 14.0 Å². The van der Waals surface area contributed by atoms with E-state index < -0.39 is 0 Å². The summed E-state index contributed by atoms with van der Waals surface area (Å²) < 4.78 is 1.50. The molecular weight excluding hydrogens is 262 g/mol. The molecule has 0 aliphatic heterocycles. The highest BCUT2D eigenvalue weighted by Gasteiger charge is 2.18. The maximum absolute atomic E-state index is 12.2. The van der Waals surface area contributed by atoms with Gasteiger partial charge in [0.25, 0.3) is 5.91 Å². The SMILES string of the molecule is CCc1cccc(NC(=O)c2c(Cl)c(C)nn2C)c1. The smallest absolute Gasteiger partial charge is 0.275 e. The van der Waals surface area contributed by atoms with Gasteiger partial charge in [0, 0.05) is 12.7 Å². The highest BCUT2D eigenvalue weighted by molar-refractivity contribution is 6.34. The lowest BCUT2D eigenvalue weighted by atomic mass is 10.1. The van der Waals surface area contributed by atoms with Crippen molar-refractivity contribution in [2.24, 2.45) is 7.05 Å². The molecule has 1 amide bonds. The van der Waals surface area contributed by atoms with Gasteiger partial charge >= 0.3 is 0 Å². The van der Waals surface area contributed by atoms with Gasteiger partial charge in [0.2, 0.25) is 0 Å². The van der Waals surface area contributed by atoms with Gasteiger partial charge in [0.1, 0.15) is 5.69 Å². The Morgan fingerprint density at radius 2 is 2.21 bits per heavy atom. The van der Waals surface area contributed by atoms with Gasteiger partial charge in [0.05, 0.1) is 10.7 Å². The topological polar surface area (TPSA) is 46.9 Å². The van der Waals surface area contributed by atoms with Crippen molar-refractivity contribution in [2.45, 2.75) is 20.3 Å². The summed E-state index contributed by atoms with van der Waals surface area (Å²) in [7, 11) is 1.70. The number of aromatic nitrogens is 2. The summed E-state index contributed by atoms with van der Waals surface area (Å²) in [5, 5.41) is 7.37. The highest BCUT2D eigenvalue weighted by Crippen LogP contribution is 2.21. The molecule has 4 nitrogen and oxygen atoms in total. The van der Waals surface area contributed by atoms with Crippen molar-refractivity contribution in [3.63, 3.8) is 0 Å². The van der Waals surface area contributed by atoms with Crippen LogP contribution >= 0.6 is 11.6 Å². The van der Waals surface area contributed by atoms with Crippen molar-refractivity contribution in [2.75, 3.05) is 5.32 Å². The van der Waals surface area contributed by atoms with Crippen molar-refractivity contribution >= 4 is 23.2 Å². The Bertz CT molecular complexity index is 619. The lowest BCUT2D eigenvalue weighted by molar-refractivity contribution is 0.101. The van der Waals surface area contributed by atoms with Gasteiger partial charge in [-0.05, 0) is 31.0 Å². The van der Waals surface area contributed by atoms with Crippen LogP contribution in [0.3, 0.4) is 0 Å². The monoisotopic (exact) mass is 277 g/mol. The molecule has 1 N–H and O–H groups in total. The molecule has 19 heavy (non-hydrogen) atoms. The zero-order chi connectivity index (χ0) is 14.0. The number of rotatable bonds is 3. The minimum Gasteiger partial charge on any atom is -0.321 e. The largest absolute Gasteiger partial charge is 0.321 e. The van der Waals surface area contributed by atoms with Gasteiger partial charge in [0.15, 0.2) is 0 Å². The minimum atomic E-state index is -0.249. The van der Waals surface area contributed by atoms with Gasteiger partial charge in [-0.2, -0.15) is 5.10 Å². The third kappa shape index (κ3) is 2.79. The first-order valence-corrected chi connectivity index (χ1v) is 6.50. The average Bonchev–Trinajstić information content (AvgIpc) is 2.63. The molecule has 0 unspecified atom stereocenters. The second-order valence-corrected chi connectivity index (χ2v) is 4.76. The zero-order valence-corrected chi connectivity index (χ0v) is 12.0. The molecule has 100 valence electrons. The molecule has 0 radical (unpaired) electrons. The summed E-state index contributed by atoms with van der Waals surface area (Å²) >= 11 is 6.09. The van der Waals surface area contributed by atoms with Crippen molar-refractivity contribution in [1.29, 1.82) is 0 Å². The summed E-state index contributed by atoms with van der Waals surface area (Å²) in [5.41, 5.74) is 2.96. The quantitative estimate of drug-likeness (QED) is 0.936. The third-order valence-electron chi connectivity index (χ3n) is 2.96. The molecule has 0 aliphatic carbocycles. The van der Waals surface area contributed by atoms with E-state index >= 15 is 0 Å². The van der Waals surface area contributed by atoms with E-state index in [1.807, 2.05) is 24.3 Å². The maximum atomic E-state index is 12.2. The van der Waals surface area contributed by atoms with E-state index in [0.29, 0.717) is 16.4 Å². The van der Waals surface area contributed by atoms with Crippen LogP contribution in [-0.4, -0.2) is 15.7 Å². The second kappa shape index (κ2) is 5.45.